The number of carbonyl (C=O) groups excluding carboxylic acids is 1. The van der Waals surface area contributed by atoms with E-state index in [9.17, 15) is 4.79 Å². The van der Waals surface area contributed by atoms with Crippen LogP contribution in [0.15, 0.2) is 18.2 Å². The van der Waals surface area contributed by atoms with Crippen LogP contribution in [0.2, 0.25) is 0 Å². The summed E-state index contributed by atoms with van der Waals surface area (Å²) in [5.41, 5.74) is 11.5. The molecule has 1 aromatic rings. The minimum absolute atomic E-state index is 0.160. The summed E-state index contributed by atoms with van der Waals surface area (Å²) in [4.78, 5) is 17.2. The summed E-state index contributed by atoms with van der Waals surface area (Å²) in [5, 5.41) is 0. The zero-order chi connectivity index (χ0) is 12.1. The van der Waals surface area contributed by atoms with E-state index in [4.69, 9.17) is 11.5 Å². The second-order valence-corrected chi connectivity index (χ2v) is 3.88. The van der Waals surface area contributed by atoms with Gasteiger partial charge in [-0.05, 0) is 26.0 Å². The lowest BCUT2D eigenvalue weighted by molar-refractivity contribution is -0.116. The van der Waals surface area contributed by atoms with Gasteiger partial charge in [0.1, 0.15) is 5.82 Å². The molecule has 0 radical (unpaired) electrons. The zero-order valence-corrected chi connectivity index (χ0v) is 9.68. The molecule has 0 atom stereocenters. The van der Waals surface area contributed by atoms with Crippen molar-refractivity contribution in [1.29, 1.82) is 0 Å². The van der Waals surface area contributed by atoms with Crippen LogP contribution < -0.4 is 16.4 Å². The van der Waals surface area contributed by atoms with E-state index in [1.54, 1.807) is 0 Å². The van der Waals surface area contributed by atoms with Gasteiger partial charge in [-0.3, -0.25) is 4.79 Å². The number of pyridine rings is 1. The molecule has 0 aliphatic heterocycles. The minimum atomic E-state index is -0.367. The number of hydrogen-bond acceptors (Lipinski definition) is 4. The standard InChI is InChI=1S/C11H18N4O/c1-8(2)15(7-10(13)16)11-5-3-4-9(6-12)14-11/h3-5,8H,6-7,12H2,1-2H3,(H2,13,16). The van der Waals surface area contributed by atoms with Crippen molar-refractivity contribution in [3.05, 3.63) is 23.9 Å². The molecule has 0 bridgehead atoms. The summed E-state index contributed by atoms with van der Waals surface area (Å²) in [5.74, 6) is 0.366. The van der Waals surface area contributed by atoms with Crippen LogP contribution in [0.25, 0.3) is 0 Å². The fraction of sp³-hybridized carbons (Fsp3) is 0.455. The van der Waals surface area contributed by atoms with Crippen LogP contribution in [-0.4, -0.2) is 23.5 Å². The van der Waals surface area contributed by atoms with Crippen molar-refractivity contribution in [3.63, 3.8) is 0 Å². The second kappa shape index (κ2) is 5.46. The van der Waals surface area contributed by atoms with Gasteiger partial charge >= 0.3 is 0 Å². The number of primary amides is 1. The van der Waals surface area contributed by atoms with Crippen molar-refractivity contribution in [3.8, 4) is 0 Å². The van der Waals surface area contributed by atoms with E-state index in [0.29, 0.717) is 6.54 Å². The third-order valence-corrected chi connectivity index (χ3v) is 2.24. The van der Waals surface area contributed by atoms with E-state index in [-0.39, 0.29) is 18.5 Å². The SMILES string of the molecule is CC(C)N(CC(N)=O)c1cccc(CN)n1. The molecule has 0 spiro atoms. The molecule has 0 saturated carbocycles. The largest absolute Gasteiger partial charge is 0.368 e. The molecule has 1 heterocycles. The Kier molecular flexibility index (Phi) is 4.25. The van der Waals surface area contributed by atoms with E-state index < -0.39 is 0 Å². The Labute approximate surface area is 95.4 Å². The van der Waals surface area contributed by atoms with Crippen molar-refractivity contribution in [1.82, 2.24) is 4.98 Å². The molecule has 0 saturated heterocycles. The maximum atomic E-state index is 11.0. The lowest BCUT2D eigenvalue weighted by Gasteiger charge is -2.26. The van der Waals surface area contributed by atoms with Crippen molar-refractivity contribution >= 4 is 11.7 Å². The Morgan fingerprint density at radius 1 is 1.50 bits per heavy atom. The first kappa shape index (κ1) is 12.4. The summed E-state index contributed by atoms with van der Waals surface area (Å²) in [6, 6.07) is 5.74. The summed E-state index contributed by atoms with van der Waals surface area (Å²) >= 11 is 0. The van der Waals surface area contributed by atoms with Crippen LogP contribution in [0.5, 0.6) is 0 Å². The molecular weight excluding hydrogens is 204 g/mol. The molecule has 1 aromatic heterocycles. The molecule has 0 fully saturated rings. The van der Waals surface area contributed by atoms with Crippen molar-refractivity contribution in [2.45, 2.75) is 26.4 Å². The third-order valence-electron chi connectivity index (χ3n) is 2.24. The molecule has 0 aliphatic rings. The summed E-state index contributed by atoms with van der Waals surface area (Å²) in [6.45, 7) is 4.52. The van der Waals surface area contributed by atoms with Crippen LogP contribution in [0, 0.1) is 0 Å². The highest BCUT2D eigenvalue weighted by Gasteiger charge is 2.14. The number of rotatable bonds is 5. The maximum absolute atomic E-state index is 11.0. The van der Waals surface area contributed by atoms with Crippen LogP contribution in [0.4, 0.5) is 5.82 Å². The molecule has 0 unspecified atom stereocenters. The Hall–Kier alpha value is -1.62. The number of aromatic nitrogens is 1. The van der Waals surface area contributed by atoms with Crippen molar-refractivity contribution in [2.75, 3.05) is 11.4 Å². The predicted molar refractivity (Wildman–Crippen MR) is 63.8 cm³/mol. The van der Waals surface area contributed by atoms with Gasteiger partial charge in [-0.2, -0.15) is 0 Å². The third kappa shape index (κ3) is 3.20. The highest BCUT2D eigenvalue weighted by Crippen LogP contribution is 2.14. The van der Waals surface area contributed by atoms with Gasteiger partial charge in [0.05, 0.1) is 12.2 Å². The molecule has 1 amide bonds. The lowest BCUT2D eigenvalue weighted by Crippen LogP contribution is -2.39. The molecule has 0 aromatic carbocycles. The summed E-state index contributed by atoms with van der Waals surface area (Å²) in [6.07, 6.45) is 0. The molecule has 4 N–H and O–H groups in total. The van der Waals surface area contributed by atoms with Crippen LogP contribution in [0.1, 0.15) is 19.5 Å². The van der Waals surface area contributed by atoms with Gasteiger partial charge in [0.2, 0.25) is 5.91 Å². The van der Waals surface area contributed by atoms with Crippen molar-refractivity contribution in [2.24, 2.45) is 11.5 Å². The smallest absolute Gasteiger partial charge is 0.237 e. The summed E-state index contributed by atoms with van der Waals surface area (Å²) in [7, 11) is 0. The first-order valence-electron chi connectivity index (χ1n) is 5.25. The monoisotopic (exact) mass is 222 g/mol. The Bertz CT molecular complexity index is 365. The number of carbonyl (C=O) groups is 1. The topological polar surface area (TPSA) is 85.2 Å². The second-order valence-electron chi connectivity index (χ2n) is 3.88. The summed E-state index contributed by atoms with van der Waals surface area (Å²) < 4.78 is 0. The molecule has 0 aliphatic carbocycles. The average Bonchev–Trinajstić information content (AvgIpc) is 2.25. The van der Waals surface area contributed by atoms with Gasteiger partial charge in [-0.15, -0.1) is 0 Å². The Morgan fingerprint density at radius 3 is 2.69 bits per heavy atom. The fourth-order valence-corrected chi connectivity index (χ4v) is 1.44. The first-order valence-corrected chi connectivity index (χ1v) is 5.25. The molecular formula is C11H18N4O. The predicted octanol–water partition coefficient (Wildman–Crippen LogP) is 0.240. The van der Waals surface area contributed by atoms with E-state index in [1.165, 1.54) is 0 Å². The van der Waals surface area contributed by atoms with Crippen LogP contribution in [0.3, 0.4) is 0 Å². The molecule has 16 heavy (non-hydrogen) atoms. The highest BCUT2D eigenvalue weighted by atomic mass is 16.1. The van der Waals surface area contributed by atoms with E-state index >= 15 is 0 Å². The number of hydrogen-bond donors (Lipinski definition) is 2. The quantitative estimate of drug-likeness (QED) is 0.747. The Morgan fingerprint density at radius 2 is 2.19 bits per heavy atom. The van der Waals surface area contributed by atoms with Crippen molar-refractivity contribution < 1.29 is 4.79 Å². The number of anilines is 1. The maximum Gasteiger partial charge on any atom is 0.237 e. The number of nitrogens with two attached hydrogens (primary N) is 2. The minimum Gasteiger partial charge on any atom is -0.368 e. The number of nitrogens with zero attached hydrogens (tertiary/aromatic N) is 2. The van der Waals surface area contributed by atoms with Gasteiger partial charge in [0.25, 0.3) is 0 Å². The zero-order valence-electron chi connectivity index (χ0n) is 9.68. The van der Waals surface area contributed by atoms with E-state index in [1.807, 2.05) is 36.9 Å². The highest BCUT2D eigenvalue weighted by molar-refractivity contribution is 5.79. The van der Waals surface area contributed by atoms with Gasteiger partial charge in [-0.25, -0.2) is 4.98 Å². The van der Waals surface area contributed by atoms with Gasteiger partial charge in [0.15, 0.2) is 0 Å². The fourth-order valence-electron chi connectivity index (χ4n) is 1.44. The molecule has 5 heteroatoms. The normalized spacial score (nSPS) is 10.5. The number of amides is 1. The first-order chi connectivity index (χ1) is 7.54. The van der Waals surface area contributed by atoms with Gasteiger partial charge in [0, 0.05) is 12.6 Å². The Balaban J connectivity index is 2.95. The van der Waals surface area contributed by atoms with Gasteiger partial charge < -0.3 is 16.4 Å². The van der Waals surface area contributed by atoms with E-state index in [2.05, 4.69) is 4.98 Å². The molecule has 88 valence electrons. The van der Waals surface area contributed by atoms with Gasteiger partial charge in [-0.1, -0.05) is 6.07 Å². The van der Waals surface area contributed by atoms with Crippen LogP contribution in [-0.2, 0) is 11.3 Å². The van der Waals surface area contributed by atoms with E-state index in [0.717, 1.165) is 11.5 Å². The molecule has 1 rings (SSSR count). The average molecular weight is 222 g/mol. The lowest BCUT2D eigenvalue weighted by atomic mass is 10.2. The molecule has 5 nitrogen and oxygen atoms in total. The van der Waals surface area contributed by atoms with Crippen LogP contribution >= 0.6 is 0 Å².